The molecule has 2 nitrogen and oxygen atoms in total. The molecule has 1 heterocycles. The van der Waals surface area contributed by atoms with Gasteiger partial charge in [-0.25, -0.2) is 0 Å². The fraction of sp³-hybridized carbons (Fsp3) is 1.00. The van der Waals surface area contributed by atoms with E-state index >= 15 is 0 Å². The predicted octanol–water partition coefficient (Wildman–Crippen LogP) is 1.10. The third-order valence-corrected chi connectivity index (χ3v) is 2.70. The molecule has 0 saturated carbocycles. The minimum atomic E-state index is 0.316. The number of nitrogens with zero attached hydrogens (tertiary/aromatic N) is 1. The number of β-amino-alcohol motifs (C(OH)–C–C–N with tert-alkyl or cyclic N) is 1. The Morgan fingerprint density at radius 1 is 1.36 bits per heavy atom. The summed E-state index contributed by atoms with van der Waals surface area (Å²) in [6, 6.07) is 0. The standard InChI is InChI=1S/C9H19NO/c1-2-9-3-5-10(6-4-9)7-8-11/h9,11H,2-8H2,1H3. The summed E-state index contributed by atoms with van der Waals surface area (Å²) in [5, 5.41) is 8.70. The van der Waals surface area contributed by atoms with Crippen LogP contribution < -0.4 is 0 Å². The maximum absolute atomic E-state index is 8.70. The van der Waals surface area contributed by atoms with Gasteiger partial charge in [-0.2, -0.15) is 0 Å². The number of aliphatic hydroxyl groups excluding tert-OH is 1. The van der Waals surface area contributed by atoms with Crippen molar-refractivity contribution in [3.8, 4) is 0 Å². The molecule has 1 aliphatic heterocycles. The van der Waals surface area contributed by atoms with Gasteiger partial charge in [0, 0.05) is 6.54 Å². The number of hydrogen-bond acceptors (Lipinski definition) is 2. The second-order valence-corrected chi connectivity index (χ2v) is 3.42. The van der Waals surface area contributed by atoms with Crippen molar-refractivity contribution in [2.24, 2.45) is 5.92 Å². The number of likely N-dealkylation sites (tertiary alicyclic amines) is 1. The van der Waals surface area contributed by atoms with Crippen LogP contribution in [0, 0.1) is 5.92 Å². The average molecular weight is 157 g/mol. The van der Waals surface area contributed by atoms with E-state index in [-0.39, 0.29) is 0 Å². The molecule has 0 aromatic heterocycles. The number of aliphatic hydroxyl groups is 1. The molecule has 0 unspecified atom stereocenters. The van der Waals surface area contributed by atoms with Crippen molar-refractivity contribution in [3.05, 3.63) is 0 Å². The molecule has 0 aliphatic carbocycles. The maximum Gasteiger partial charge on any atom is 0.0558 e. The lowest BCUT2D eigenvalue weighted by molar-refractivity contribution is 0.146. The minimum absolute atomic E-state index is 0.316. The lowest BCUT2D eigenvalue weighted by Gasteiger charge is -2.30. The molecule has 1 fully saturated rings. The Morgan fingerprint density at radius 2 is 2.00 bits per heavy atom. The summed E-state index contributed by atoms with van der Waals surface area (Å²) >= 11 is 0. The first kappa shape index (κ1) is 9.01. The highest BCUT2D eigenvalue weighted by Gasteiger charge is 2.16. The summed E-state index contributed by atoms with van der Waals surface area (Å²) in [5.74, 6) is 0.949. The first-order valence-corrected chi connectivity index (χ1v) is 4.70. The average Bonchev–Trinajstić information content (AvgIpc) is 2.07. The first-order valence-electron chi connectivity index (χ1n) is 4.70. The van der Waals surface area contributed by atoms with Gasteiger partial charge in [0.2, 0.25) is 0 Å². The fourth-order valence-electron chi connectivity index (χ4n) is 1.76. The van der Waals surface area contributed by atoms with Crippen molar-refractivity contribution in [1.29, 1.82) is 0 Å². The van der Waals surface area contributed by atoms with Crippen LogP contribution in [0.15, 0.2) is 0 Å². The van der Waals surface area contributed by atoms with E-state index in [2.05, 4.69) is 11.8 Å². The molecule has 0 atom stereocenters. The zero-order valence-electron chi connectivity index (χ0n) is 7.42. The quantitative estimate of drug-likeness (QED) is 0.663. The second kappa shape index (κ2) is 4.73. The first-order chi connectivity index (χ1) is 5.36. The monoisotopic (exact) mass is 157 g/mol. The number of rotatable bonds is 3. The molecule has 1 rings (SSSR count). The van der Waals surface area contributed by atoms with E-state index in [1.807, 2.05) is 0 Å². The van der Waals surface area contributed by atoms with Crippen molar-refractivity contribution in [1.82, 2.24) is 4.90 Å². The second-order valence-electron chi connectivity index (χ2n) is 3.42. The van der Waals surface area contributed by atoms with E-state index in [1.165, 1.54) is 32.4 Å². The van der Waals surface area contributed by atoms with Gasteiger partial charge in [0.25, 0.3) is 0 Å². The normalized spacial score (nSPS) is 22.4. The van der Waals surface area contributed by atoms with Crippen molar-refractivity contribution >= 4 is 0 Å². The third kappa shape index (κ3) is 2.80. The van der Waals surface area contributed by atoms with Gasteiger partial charge in [0.15, 0.2) is 0 Å². The highest BCUT2D eigenvalue weighted by molar-refractivity contribution is 4.70. The molecule has 11 heavy (non-hydrogen) atoms. The molecule has 0 amide bonds. The maximum atomic E-state index is 8.70. The van der Waals surface area contributed by atoms with E-state index in [1.54, 1.807) is 0 Å². The van der Waals surface area contributed by atoms with Crippen LogP contribution in [0.4, 0.5) is 0 Å². The SMILES string of the molecule is CCC1CCN(CCO)CC1. The number of piperidine rings is 1. The van der Waals surface area contributed by atoms with Crippen LogP contribution >= 0.6 is 0 Å². The smallest absolute Gasteiger partial charge is 0.0558 e. The van der Waals surface area contributed by atoms with Gasteiger partial charge in [0.05, 0.1) is 6.61 Å². The van der Waals surface area contributed by atoms with Crippen LogP contribution in [0.25, 0.3) is 0 Å². The highest BCUT2D eigenvalue weighted by Crippen LogP contribution is 2.19. The Hall–Kier alpha value is -0.0800. The lowest BCUT2D eigenvalue weighted by atomic mass is 9.94. The molecular formula is C9H19NO. The molecule has 1 aliphatic rings. The Labute approximate surface area is 69.2 Å². The molecule has 0 bridgehead atoms. The molecular weight excluding hydrogens is 138 g/mol. The third-order valence-electron chi connectivity index (χ3n) is 2.70. The Bertz CT molecular complexity index is 97.7. The van der Waals surface area contributed by atoms with E-state index in [9.17, 15) is 0 Å². The summed E-state index contributed by atoms with van der Waals surface area (Å²) in [6.07, 6.45) is 3.99. The summed E-state index contributed by atoms with van der Waals surface area (Å²) in [7, 11) is 0. The van der Waals surface area contributed by atoms with Crippen molar-refractivity contribution in [2.75, 3.05) is 26.2 Å². The molecule has 2 heteroatoms. The fourth-order valence-corrected chi connectivity index (χ4v) is 1.76. The highest BCUT2D eigenvalue weighted by atomic mass is 16.3. The van der Waals surface area contributed by atoms with Crippen LogP contribution in [-0.4, -0.2) is 36.2 Å². The molecule has 0 spiro atoms. The molecule has 0 radical (unpaired) electrons. The van der Waals surface area contributed by atoms with Gasteiger partial charge in [-0.3, -0.25) is 0 Å². The van der Waals surface area contributed by atoms with Gasteiger partial charge in [-0.1, -0.05) is 13.3 Å². The van der Waals surface area contributed by atoms with Crippen LogP contribution in [0.2, 0.25) is 0 Å². The van der Waals surface area contributed by atoms with Gasteiger partial charge in [0.1, 0.15) is 0 Å². The van der Waals surface area contributed by atoms with E-state index in [0.717, 1.165) is 12.5 Å². The Morgan fingerprint density at radius 3 is 2.45 bits per heavy atom. The van der Waals surface area contributed by atoms with Gasteiger partial charge in [-0.05, 0) is 31.8 Å². The van der Waals surface area contributed by atoms with E-state index in [4.69, 9.17) is 5.11 Å². The van der Waals surface area contributed by atoms with Gasteiger partial charge in [-0.15, -0.1) is 0 Å². The van der Waals surface area contributed by atoms with Crippen LogP contribution in [0.3, 0.4) is 0 Å². The Kier molecular flexibility index (Phi) is 3.87. The Balaban J connectivity index is 2.14. The summed E-state index contributed by atoms with van der Waals surface area (Å²) in [5.41, 5.74) is 0. The van der Waals surface area contributed by atoms with E-state index < -0.39 is 0 Å². The molecule has 1 saturated heterocycles. The van der Waals surface area contributed by atoms with Crippen molar-refractivity contribution in [2.45, 2.75) is 26.2 Å². The van der Waals surface area contributed by atoms with Gasteiger partial charge >= 0.3 is 0 Å². The molecule has 1 N–H and O–H groups in total. The van der Waals surface area contributed by atoms with Crippen LogP contribution in [-0.2, 0) is 0 Å². The predicted molar refractivity (Wildman–Crippen MR) is 46.5 cm³/mol. The topological polar surface area (TPSA) is 23.5 Å². The van der Waals surface area contributed by atoms with Gasteiger partial charge < -0.3 is 10.0 Å². The number of hydrogen-bond donors (Lipinski definition) is 1. The molecule has 66 valence electrons. The molecule has 0 aromatic carbocycles. The van der Waals surface area contributed by atoms with Crippen LogP contribution in [0.5, 0.6) is 0 Å². The van der Waals surface area contributed by atoms with Crippen LogP contribution in [0.1, 0.15) is 26.2 Å². The zero-order chi connectivity index (χ0) is 8.10. The van der Waals surface area contributed by atoms with Crippen molar-refractivity contribution in [3.63, 3.8) is 0 Å². The lowest BCUT2D eigenvalue weighted by Crippen LogP contribution is -2.35. The summed E-state index contributed by atoms with van der Waals surface area (Å²) < 4.78 is 0. The van der Waals surface area contributed by atoms with Crippen molar-refractivity contribution < 1.29 is 5.11 Å². The minimum Gasteiger partial charge on any atom is -0.395 e. The largest absolute Gasteiger partial charge is 0.395 e. The summed E-state index contributed by atoms with van der Waals surface area (Å²) in [4.78, 5) is 2.35. The molecule has 0 aromatic rings. The van der Waals surface area contributed by atoms with E-state index in [0.29, 0.717) is 6.61 Å². The summed E-state index contributed by atoms with van der Waals surface area (Å²) in [6.45, 7) is 5.84. The zero-order valence-corrected chi connectivity index (χ0v) is 7.42.